The zero-order valence-corrected chi connectivity index (χ0v) is 12.4. The van der Waals surface area contributed by atoms with E-state index in [1.807, 2.05) is 22.8 Å². The minimum absolute atomic E-state index is 0.638. The highest BCUT2D eigenvalue weighted by molar-refractivity contribution is 9.11. The van der Waals surface area contributed by atoms with Crippen LogP contribution in [-0.2, 0) is 11.3 Å². The van der Waals surface area contributed by atoms with Crippen LogP contribution in [0.15, 0.2) is 33.5 Å². The molecule has 0 N–H and O–H groups in total. The van der Waals surface area contributed by atoms with Gasteiger partial charge in [-0.1, -0.05) is 15.9 Å². The van der Waals surface area contributed by atoms with Crippen molar-refractivity contribution < 1.29 is 4.74 Å². The number of benzene rings is 1. The van der Waals surface area contributed by atoms with E-state index in [1.54, 1.807) is 13.4 Å². The van der Waals surface area contributed by atoms with Crippen molar-refractivity contribution in [1.82, 2.24) is 14.8 Å². The van der Waals surface area contributed by atoms with Crippen LogP contribution in [-0.4, -0.2) is 28.5 Å². The van der Waals surface area contributed by atoms with Gasteiger partial charge in [0.15, 0.2) is 5.82 Å². The molecule has 0 aliphatic rings. The van der Waals surface area contributed by atoms with Gasteiger partial charge in [0.25, 0.3) is 0 Å². The van der Waals surface area contributed by atoms with E-state index >= 15 is 0 Å². The van der Waals surface area contributed by atoms with Crippen molar-refractivity contribution in [1.29, 1.82) is 0 Å². The third-order valence-corrected chi connectivity index (χ3v) is 3.47. The van der Waals surface area contributed by atoms with Gasteiger partial charge in [0.1, 0.15) is 6.33 Å². The number of aromatic nitrogens is 3. The smallest absolute Gasteiger partial charge is 0.164 e. The second-order valence-corrected chi connectivity index (χ2v) is 5.23. The molecule has 2 aromatic rings. The summed E-state index contributed by atoms with van der Waals surface area (Å²) in [6.07, 6.45) is 1.71. The SMILES string of the molecule is COCCn1cnnc1-c1ccc(Br)cc1Br. The summed E-state index contributed by atoms with van der Waals surface area (Å²) < 4.78 is 9.04. The normalized spacial score (nSPS) is 10.8. The maximum absolute atomic E-state index is 5.06. The van der Waals surface area contributed by atoms with Gasteiger partial charge in [-0.05, 0) is 34.1 Å². The van der Waals surface area contributed by atoms with Crippen LogP contribution in [0.5, 0.6) is 0 Å². The molecule has 1 aromatic carbocycles. The fourth-order valence-electron chi connectivity index (χ4n) is 1.49. The highest BCUT2D eigenvalue weighted by atomic mass is 79.9. The Morgan fingerprint density at radius 1 is 1.35 bits per heavy atom. The molecule has 0 fully saturated rings. The monoisotopic (exact) mass is 359 g/mol. The van der Waals surface area contributed by atoms with Gasteiger partial charge in [-0.25, -0.2) is 0 Å². The molecular weight excluding hydrogens is 350 g/mol. The van der Waals surface area contributed by atoms with Crippen LogP contribution in [0.1, 0.15) is 0 Å². The lowest BCUT2D eigenvalue weighted by Gasteiger charge is -2.07. The molecular formula is C11H11Br2N3O. The highest BCUT2D eigenvalue weighted by Gasteiger charge is 2.10. The molecule has 1 aromatic heterocycles. The van der Waals surface area contributed by atoms with E-state index in [2.05, 4.69) is 42.1 Å². The number of rotatable bonds is 4. The van der Waals surface area contributed by atoms with Gasteiger partial charge in [-0.2, -0.15) is 0 Å². The topological polar surface area (TPSA) is 39.9 Å². The summed E-state index contributed by atoms with van der Waals surface area (Å²) in [4.78, 5) is 0. The van der Waals surface area contributed by atoms with Crippen LogP contribution in [0.2, 0.25) is 0 Å². The molecule has 0 amide bonds. The Hall–Kier alpha value is -0.720. The molecule has 0 bridgehead atoms. The summed E-state index contributed by atoms with van der Waals surface area (Å²) >= 11 is 6.96. The number of hydrogen-bond acceptors (Lipinski definition) is 3. The van der Waals surface area contributed by atoms with Gasteiger partial charge in [0.2, 0.25) is 0 Å². The summed E-state index contributed by atoms with van der Waals surface area (Å²) in [6, 6.07) is 5.97. The van der Waals surface area contributed by atoms with Gasteiger partial charge >= 0.3 is 0 Å². The minimum atomic E-state index is 0.638. The van der Waals surface area contributed by atoms with Gasteiger partial charge in [0, 0.05) is 28.2 Å². The molecule has 2 rings (SSSR count). The Balaban J connectivity index is 2.35. The molecule has 90 valence electrons. The lowest BCUT2D eigenvalue weighted by Crippen LogP contribution is -2.05. The molecule has 0 saturated heterocycles. The first-order chi connectivity index (χ1) is 8.22. The average Bonchev–Trinajstić information content (AvgIpc) is 2.74. The fourth-order valence-corrected chi connectivity index (χ4v) is 2.71. The number of nitrogens with zero attached hydrogens (tertiary/aromatic N) is 3. The van der Waals surface area contributed by atoms with Crippen LogP contribution < -0.4 is 0 Å². The van der Waals surface area contributed by atoms with Crippen molar-refractivity contribution in [3.05, 3.63) is 33.5 Å². The summed E-state index contributed by atoms with van der Waals surface area (Å²) in [5.41, 5.74) is 1.02. The quantitative estimate of drug-likeness (QED) is 0.840. The molecule has 0 aliphatic heterocycles. The van der Waals surface area contributed by atoms with E-state index in [4.69, 9.17) is 4.74 Å². The molecule has 0 unspecified atom stereocenters. The molecule has 0 radical (unpaired) electrons. The Morgan fingerprint density at radius 2 is 2.18 bits per heavy atom. The Kier molecular flexibility index (Phi) is 4.31. The van der Waals surface area contributed by atoms with Crippen molar-refractivity contribution in [3.8, 4) is 11.4 Å². The molecule has 0 spiro atoms. The highest BCUT2D eigenvalue weighted by Crippen LogP contribution is 2.29. The first kappa shape index (κ1) is 12.7. The summed E-state index contributed by atoms with van der Waals surface area (Å²) in [7, 11) is 1.68. The van der Waals surface area contributed by atoms with Crippen molar-refractivity contribution in [2.24, 2.45) is 0 Å². The minimum Gasteiger partial charge on any atom is -0.383 e. The standard InChI is InChI=1S/C11H11Br2N3O/c1-17-5-4-16-7-14-15-11(16)9-3-2-8(12)6-10(9)13/h2-3,6-7H,4-5H2,1H3. The van der Waals surface area contributed by atoms with E-state index in [0.29, 0.717) is 6.61 Å². The van der Waals surface area contributed by atoms with Crippen molar-refractivity contribution >= 4 is 31.9 Å². The lowest BCUT2D eigenvalue weighted by atomic mass is 10.2. The fraction of sp³-hybridized carbons (Fsp3) is 0.273. The Bertz CT molecular complexity index is 513. The first-order valence-electron chi connectivity index (χ1n) is 5.04. The molecule has 1 heterocycles. The Labute approximate surface area is 116 Å². The molecule has 0 atom stereocenters. The zero-order chi connectivity index (χ0) is 12.3. The van der Waals surface area contributed by atoms with E-state index < -0.39 is 0 Å². The van der Waals surface area contributed by atoms with E-state index in [1.165, 1.54) is 0 Å². The van der Waals surface area contributed by atoms with Crippen LogP contribution in [0, 0.1) is 0 Å². The predicted molar refractivity (Wildman–Crippen MR) is 72.7 cm³/mol. The number of methoxy groups -OCH3 is 1. The molecule has 0 saturated carbocycles. The van der Waals surface area contributed by atoms with E-state index in [9.17, 15) is 0 Å². The maximum atomic E-state index is 5.06. The number of halogens is 2. The second kappa shape index (κ2) is 5.75. The Morgan fingerprint density at radius 3 is 2.88 bits per heavy atom. The molecule has 6 heteroatoms. The summed E-state index contributed by atoms with van der Waals surface area (Å²) in [5.74, 6) is 0.835. The molecule has 4 nitrogen and oxygen atoms in total. The number of ether oxygens (including phenoxy) is 1. The molecule has 0 aliphatic carbocycles. The van der Waals surface area contributed by atoms with Gasteiger partial charge in [0.05, 0.1) is 6.61 Å². The van der Waals surface area contributed by atoms with Crippen molar-refractivity contribution in [2.75, 3.05) is 13.7 Å². The van der Waals surface area contributed by atoms with E-state index in [-0.39, 0.29) is 0 Å². The third-order valence-electron chi connectivity index (χ3n) is 2.32. The van der Waals surface area contributed by atoms with E-state index in [0.717, 1.165) is 26.9 Å². The lowest BCUT2D eigenvalue weighted by molar-refractivity contribution is 0.187. The van der Waals surface area contributed by atoms with Crippen LogP contribution in [0.3, 0.4) is 0 Å². The number of hydrogen-bond donors (Lipinski definition) is 0. The van der Waals surface area contributed by atoms with Crippen molar-refractivity contribution in [3.63, 3.8) is 0 Å². The second-order valence-electron chi connectivity index (χ2n) is 3.46. The van der Waals surface area contributed by atoms with Gasteiger partial charge < -0.3 is 9.30 Å². The van der Waals surface area contributed by atoms with Crippen LogP contribution in [0.25, 0.3) is 11.4 Å². The zero-order valence-electron chi connectivity index (χ0n) is 9.23. The molecule has 17 heavy (non-hydrogen) atoms. The summed E-state index contributed by atoms with van der Waals surface area (Å²) in [6.45, 7) is 1.38. The maximum Gasteiger partial charge on any atom is 0.164 e. The average molecular weight is 361 g/mol. The third kappa shape index (κ3) is 2.94. The van der Waals surface area contributed by atoms with Gasteiger partial charge in [-0.15, -0.1) is 10.2 Å². The van der Waals surface area contributed by atoms with Gasteiger partial charge in [-0.3, -0.25) is 0 Å². The van der Waals surface area contributed by atoms with Crippen LogP contribution in [0.4, 0.5) is 0 Å². The first-order valence-corrected chi connectivity index (χ1v) is 6.63. The predicted octanol–water partition coefficient (Wildman–Crippen LogP) is 3.12. The van der Waals surface area contributed by atoms with Crippen LogP contribution >= 0.6 is 31.9 Å². The largest absolute Gasteiger partial charge is 0.383 e. The summed E-state index contributed by atoms with van der Waals surface area (Å²) in [5, 5.41) is 8.08. The van der Waals surface area contributed by atoms with Crippen molar-refractivity contribution in [2.45, 2.75) is 6.54 Å².